The van der Waals surface area contributed by atoms with Crippen LogP contribution in [0, 0.1) is 5.41 Å². The average Bonchev–Trinajstić information content (AvgIpc) is 2.51. The zero-order chi connectivity index (χ0) is 14.7. The molecule has 2 aliphatic rings. The lowest BCUT2D eigenvalue weighted by Gasteiger charge is -2.58. The highest BCUT2D eigenvalue weighted by molar-refractivity contribution is 5.27. The number of hydrogen-bond donors (Lipinski definition) is 2. The quantitative estimate of drug-likeness (QED) is 0.870. The van der Waals surface area contributed by atoms with Crippen molar-refractivity contribution in [3.8, 4) is 5.75 Å². The molecule has 0 aromatic heterocycles. The molecule has 0 unspecified atom stereocenters. The third-order valence-electron chi connectivity index (χ3n) is 5.40. The lowest BCUT2D eigenvalue weighted by Crippen LogP contribution is -2.64. The van der Waals surface area contributed by atoms with Crippen LogP contribution in [0.25, 0.3) is 0 Å². The summed E-state index contributed by atoms with van der Waals surface area (Å²) in [7, 11) is 0. The molecule has 1 aromatic carbocycles. The summed E-state index contributed by atoms with van der Waals surface area (Å²) < 4.78 is 5.99. The summed E-state index contributed by atoms with van der Waals surface area (Å²) in [6.07, 6.45) is 8.24. The lowest BCUT2D eigenvalue weighted by atomic mass is 9.55. The first kappa shape index (κ1) is 14.9. The molecule has 0 radical (unpaired) electrons. The summed E-state index contributed by atoms with van der Waals surface area (Å²) in [5, 5.41) is 13.3. The second-order valence-corrected chi connectivity index (χ2v) is 6.58. The zero-order valence-corrected chi connectivity index (χ0v) is 13.0. The van der Waals surface area contributed by atoms with E-state index in [1.54, 1.807) is 6.07 Å². The Morgan fingerprint density at radius 2 is 2.10 bits per heavy atom. The van der Waals surface area contributed by atoms with Crippen LogP contribution in [0.4, 0.5) is 0 Å². The topological polar surface area (TPSA) is 41.5 Å². The Kier molecular flexibility index (Phi) is 4.51. The highest BCUT2D eigenvalue weighted by atomic mass is 16.5. The summed E-state index contributed by atoms with van der Waals surface area (Å²) in [6.45, 7) is 3.76. The smallest absolute Gasteiger partial charge is 0.115 e. The highest BCUT2D eigenvalue weighted by Gasteiger charge is 2.55. The molecule has 0 aliphatic heterocycles. The predicted octanol–water partition coefficient (Wildman–Crippen LogP) is 3.61. The van der Waals surface area contributed by atoms with E-state index < -0.39 is 0 Å². The summed E-state index contributed by atoms with van der Waals surface area (Å²) >= 11 is 0. The minimum absolute atomic E-state index is 0.350. The van der Waals surface area contributed by atoms with Crippen molar-refractivity contribution < 1.29 is 9.84 Å². The van der Waals surface area contributed by atoms with Gasteiger partial charge in [0.05, 0.1) is 6.10 Å². The van der Waals surface area contributed by atoms with Crippen molar-refractivity contribution in [2.45, 2.75) is 64.1 Å². The Labute approximate surface area is 127 Å². The second kappa shape index (κ2) is 6.37. The van der Waals surface area contributed by atoms with Gasteiger partial charge in [-0.15, -0.1) is 0 Å². The van der Waals surface area contributed by atoms with Crippen molar-refractivity contribution in [1.82, 2.24) is 5.32 Å². The van der Waals surface area contributed by atoms with Crippen molar-refractivity contribution in [3.05, 3.63) is 29.8 Å². The monoisotopic (exact) mass is 289 g/mol. The Balaban J connectivity index is 1.62. The molecule has 2 aliphatic carbocycles. The van der Waals surface area contributed by atoms with E-state index in [1.807, 2.05) is 12.1 Å². The molecule has 3 heteroatoms. The van der Waals surface area contributed by atoms with Gasteiger partial charge < -0.3 is 15.2 Å². The molecule has 3 nitrogen and oxygen atoms in total. The van der Waals surface area contributed by atoms with Gasteiger partial charge in [0.2, 0.25) is 0 Å². The molecule has 0 heterocycles. The number of ether oxygens (including phenoxy) is 1. The van der Waals surface area contributed by atoms with Crippen LogP contribution in [0.15, 0.2) is 24.3 Å². The standard InChI is InChI=1S/C18H27NO2/c1-2-21-17-12-16(18(17)9-4-3-5-10-18)19-13-14-7-6-8-15(20)11-14/h6-8,11,16-17,19-20H,2-5,9-10,12-13H2,1H3/t16-,17+/m0/s1. The molecule has 2 N–H and O–H groups in total. The van der Waals surface area contributed by atoms with Gasteiger partial charge in [0.15, 0.2) is 0 Å². The first-order valence-corrected chi connectivity index (χ1v) is 8.37. The highest BCUT2D eigenvalue weighted by Crippen LogP contribution is 2.53. The SMILES string of the molecule is CCO[C@@H]1C[C@H](NCc2cccc(O)c2)C12CCCCC2. The third kappa shape index (κ3) is 2.95. The molecule has 0 bridgehead atoms. The summed E-state index contributed by atoms with van der Waals surface area (Å²) in [5.41, 5.74) is 1.52. The van der Waals surface area contributed by atoms with E-state index in [2.05, 4.69) is 18.3 Å². The molecule has 0 amide bonds. The predicted molar refractivity (Wildman–Crippen MR) is 84.3 cm³/mol. The number of phenols is 1. The van der Waals surface area contributed by atoms with Gasteiger partial charge in [-0.1, -0.05) is 31.4 Å². The van der Waals surface area contributed by atoms with Crippen molar-refractivity contribution in [3.63, 3.8) is 0 Å². The molecular weight excluding hydrogens is 262 g/mol. The van der Waals surface area contributed by atoms with E-state index in [9.17, 15) is 5.11 Å². The van der Waals surface area contributed by atoms with Crippen molar-refractivity contribution >= 4 is 0 Å². The van der Waals surface area contributed by atoms with Crippen molar-refractivity contribution in [2.75, 3.05) is 6.61 Å². The van der Waals surface area contributed by atoms with Gasteiger partial charge in [-0.25, -0.2) is 0 Å². The van der Waals surface area contributed by atoms with Crippen LogP contribution in [0.5, 0.6) is 5.75 Å². The van der Waals surface area contributed by atoms with Gasteiger partial charge in [0.1, 0.15) is 5.75 Å². The number of nitrogens with one attached hydrogen (secondary N) is 1. The van der Waals surface area contributed by atoms with Crippen molar-refractivity contribution in [2.24, 2.45) is 5.41 Å². The van der Waals surface area contributed by atoms with Crippen LogP contribution < -0.4 is 5.32 Å². The molecule has 1 spiro atoms. The third-order valence-corrected chi connectivity index (χ3v) is 5.40. The van der Waals surface area contributed by atoms with Crippen LogP contribution in [0.3, 0.4) is 0 Å². The van der Waals surface area contributed by atoms with Crippen LogP contribution in [-0.2, 0) is 11.3 Å². The van der Waals surface area contributed by atoms with E-state index in [4.69, 9.17) is 4.74 Å². The Morgan fingerprint density at radius 3 is 2.81 bits per heavy atom. The molecule has 2 fully saturated rings. The molecule has 116 valence electrons. The largest absolute Gasteiger partial charge is 0.508 e. The Hall–Kier alpha value is -1.06. The number of benzene rings is 1. The summed E-state index contributed by atoms with van der Waals surface area (Å²) in [5.74, 6) is 0.350. The van der Waals surface area contributed by atoms with E-state index in [0.717, 1.165) is 25.1 Å². The Morgan fingerprint density at radius 1 is 1.29 bits per heavy atom. The maximum Gasteiger partial charge on any atom is 0.115 e. The lowest BCUT2D eigenvalue weighted by molar-refractivity contribution is -0.150. The Bertz CT molecular complexity index is 468. The maximum atomic E-state index is 9.56. The minimum atomic E-state index is 0.350. The average molecular weight is 289 g/mol. The fourth-order valence-electron chi connectivity index (χ4n) is 4.26. The first-order chi connectivity index (χ1) is 10.2. The van der Waals surface area contributed by atoms with Gasteiger partial charge in [-0.3, -0.25) is 0 Å². The van der Waals surface area contributed by atoms with E-state index >= 15 is 0 Å². The van der Waals surface area contributed by atoms with Crippen LogP contribution in [0.2, 0.25) is 0 Å². The molecule has 1 aromatic rings. The number of aromatic hydroxyl groups is 1. The van der Waals surface area contributed by atoms with Gasteiger partial charge >= 0.3 is 0 Å². The molecule has 2 atom stereocenters. The van der Waals surface area contributed by atoms with Crippen LogP contribution in [-0.4, -0.2) is 23.9 Å². The minimum Gasteiger partial charge on any atom is -0.508 e. The van der Waals surface area contributed by atoms with Crippen molar-refractivity contribution in [1.29, 1.82) is 0 Å². The number of hydrogen-bond acceptors (Lipinski definition) is 3. The number of phenolic OH excluding ortho intramolecular Hbond substituents is 1. The van der Waals surface area contributed by atoms with Crippen LogP contribution in [0.1, 0.15) is 51.0 Å². The molecule has 21 heavy (non-hydrogen) atoms. The van der Waals surface area contributed by atoms with Gasteiger partial charge in [-0.2, -0.15) is 0 Å². The first-order valence-electron chi connectivity index (χ1n) is 8.37. The number of rotatable bonds is 5. The molecule has 3 rings (SSSR count). The normalized spacial score (nSPS) is 27.5. The van der Waals surface area contributed by atoms with E-state index in [1.165, 1.54) is 32.1 Å². The molecular formula is C18H27NO2. The van der Waals surface area contributed by atoms with E-state index in [0.29, 0.717) is 23.3 Å². The molecule has 2 saturated carbocycles. The maximum absolute atomic E-state index is 9.56. The van der Waals surface area contributed by atoms with Gasteiger partial charge in [0, 0.05) is 24.6 Å². The zero-order valence-electron chi connectivity index (χ0n) is 13.0. The fraction of sp³-hybridized carbons (Fsp3) is 0.667. The summed E-state index contributed by atoms with van der Waals surface area (Å²) in [4.78, 5) is 0. The van der Waals surface area contributed by atoms with Crippen LogP contribution >= 0.6 is 0 Å². The van der Waals surface area contributed by atoms with Gasteiger partial charge in [0.25, 0.3) is 0 Å². The van der Waals surface area contributed by atoms with Gasteiger partial charge in [-0.05, 0) is 43.9 Å². The summed E-state index contributed by atoms with van der Waals surface area (Å²) in [6, 6.07) is 8.11. The second-order valence-electron chi connectivity index (χ2n) is 6.58. The fourth-order valence-corrected chi connectivity index (χ4v) is 4.26. The van der Waals surface area contributed by atoms with E-state index in [-0.39, 0.29) is 0 Å². The molecule has 0 saturated heterocycles.